The van der Waals surface area contributed by atoms with Crippen molar-refractivity contribution in [2.45, 2.75) is 20.3 Å². The van der Waals surface area contributed by atoms with Crippen LogP contribution in [0.3, 0.4) is 0 Å². The second kappa shape index (κ2) is 7.96. The zero-order valence-electron chi connectivity index (χ0n) is 13.5. The van der Waals surface area contributed by atoms with Crippen molar-refractivity contribution in [3.8, 4) is 0 Å². The van der Waals surface area contributed by atoms with Gasteiger partial charge < -0.3 is 19.8 Å². The summed E-state index contributed by atoms with van der Waals surface area (Å²) in [6.45, 7) is 6.93. The third-order valence-corrected chi connectivity index (χ3v) is 3.73. The normalized spacial score (nSPS) is 11.0. The van der Waals surface area contributed by atoms with Gasteiger partial charge in [-0.15, -0.1) is 0 Å². The molecule has 0 saturated heterocycles. The molecule has 5 nitrogen and oxygen atoms in total. The molecule has 1 aromatic carbocycles. The Kier molecular flexibility index (Phi) is 5.98. The van der Waals surface area contributed by atoms with Crippen LogP contribution >= 0.6 is 0 Å². The SMILES string of the molecule is COCCNCCNC(=O)Cc1coc2cc(C)c(C)cc12. The molecule has 0 saturated carbocycles. The van der Waals surface area contributed by atoms with E-state index in [0.717, 1.165) is 29.6 Å². The Morgan fingerprint density at radius 1 is 1.18 bits per heavy atom. The number of benzene rings is 1. The first-order valence-corrected chi connectivity index (χ1v) is 7.55. The van der Waals surface area contributed by atoms with E-state index >= 15 is 0 Å². The molecule has 0 bridgehead atoms. The summed E-state index contributed by atoms with van der Waals surface area (Å²) in [6, 6.07) is 4.11. The fourth-order valence-electron chi connectivity index (χ4n) is 2.30. The highest BCUT2D eigenvalue weighted by molar-refractivity contribution is 5.88. The van der Waals surface area contributed by atoms with E-state index in [4.69, 9.17) is 9.15 Å². The van der Waals surface area contributed by atoms with Gasteiger partial charge in [-0.1, -0.05) is 0 Å². The average molecular weight is 304 g/mol. The molecule has 2 rings (SSSR count). The molecule has 0 unspecified atom stereocenters. The molecular formula is C17H24N2O3. The minimum Gasteiger partial charge on any atom is -0.464 e. The Morgan fingerprint density at radius 2 is 1.95 bits per heavy atom. The van der Waals surface area contributed by atoms with Crippen molar-refractivity contribution in [3.63, 3.8) is 0 Å². The molecule has 1 amide bonds. The summed E-state index contributed by atoms with van der Waals surface area (Å²) in [4.78, 5) is 12.0. The Bertz CT molecular complexity index is 634. The molecule has 0 aliphatic carbocycles. The number of hydrogen-bond donors (Lipinski definition) is 2. The molecule has 0 aliphatic heterocycles. The molecule has 2 N–H and O–H groups in total. The third kappa shape index (κ3) is 4.32. The van der Waals surface area contributed by atoms with Crippen molar-refractivity contribution >= 4 is 16.9 Å². The van der Waals surface area contributed by atoms with Gasteiger partial charge in [-0.2, -0.15) is 0 Å². The highest BCUT2D eigenvalue weighted by Gasteiger charge is 2.11. The molecule has 22 heavy (non-hydrogen) atoms. The van der Waals surface area contributed by atoms with Crippen LogP contribution in [-0.2, 0) is 16.0 Å². The van der Waals surface area contributed by atoms with Gasteiger partial charge in [0.25, 0.3) is 0 Å². The summed E-state index contributed by atoms with van der Waals surface area (Å²) >= 11 is 0. The van der Waals surface area contributed by atoms with Crippen LogP contribution in [0.25, 0.3) is 11.0 Å². The van der Waals surface area contributed by atoms with Crippen molar-refractivity contribution in [3.05, 3.63) is 35.1 Å². The minimum absolute atomic E-state index is 0.00877. The predicted octanol–water partition coefficient (Wildman–Crippen LogP) is 1.94. The Labute approximate surface area is 131 Å². The van der Waals surface area contributed by atoms with E-state index in [1.807, 2.05) is 6.07 Å². The predicted molar refractivity (Wildman–Crippen MR) is 87.1 cm³/mol. The lowest BCUT2D eigenvalue weighted by Crippen LogP contribution is -2.33. The first-order valence-electron chi connectivity index (χ1n) is 7.55. The van der Waals surface area contributed by atoms with E-state index in [9.17, 15) is 4.79 Å². The number of hydrogen-bond acceptors (Lipinski definition) is 4. The van der Waals surface area contributed by atoms with Crippen molar-refractivity contribution in [2.75, 3.05) is 33.4 Å². The van der Waals surface area contributed by atoms with E-state index in [0.29, 0.717) is 19.6 Å². The second-order valence-electron chi connectivity index (χ2n) is 5.46. The number of furan rings is 1. The molecule has 2 aromatic rings. The molecule has 0 fully saturated rings. The van der Waals surface area contributed by atoms with E-state index in [2.05, 4.69) is 30.5 Å². The standard InChI is InChI=1S/C17H24N2O3/c1-12-8-15-14(11-22-16(15)9-13(12)2)10-17(20)19-5-4-18-6-7-21-3/h8-9,11,18H,4-7,10H2,1-3H3,(H,19,20). The minimum atomic E-state index is 0.00877. The van der Waals surface area contributed by atoms with Gasteiger partial charge in [0.2, 0.25) is 5.91 Å². The number of methoxy groups -OCH3 is 1. The van der Waals surface area contributed by atoms with Crippen LogP contribution in [0, 0.1) is 13.8 Å². The van der Waals surface area contributed by atoms with E-state index in [-0.39, 0.29) is 5.91 Å². The smallest absolute Gasteiger partial charge is 0.224 e. The summed E-state index contributed by atoms with van der Waals surface area (Å²) < 4.78 is 10.5. The van der Waals surface area contributed by atoms with Gasteiger partial charge in [-0.25, -0.2) is 0 Å². The van der Waals surface area contributed by atoms with Crippen LogP contribution in [0.15, 0.2) is 22.8 Å². The molecule has 0 spiro atoms. The Morgan fingerprint density at radius 3 is 2.73 bits per heavy atom. The molecule has 0 radical (unpaired) electrons. The van der Waals surface area contributed by atoms with Gasteiger partial charge in [0, 0.05) is 37.7 Å². The molecule has 5 heteroatoms. The van der Waals surface area contributed by atoms with E-state index < -0.39 is 0 Å². The van der Waals surface area contributed by atoms with Gasteiger partial charge in [0.15, 0.2) is 0 Å². The Hall–Kier alpha value is -1.85. The average Bonchev–Trinajstić information content (AvgIpc) is 2.85. The van der Waals surface area contributed by atoms with E-state index in [1.54, 1.807) is 13.4 Å². The number of carbonyl (C=O) groups is 1. The van der Waals surface area contributed by atoms with Crippen LogP contribution in [0.4, 0.5) is 0 Å². The maximum Gasteiger partial charge on any atom is 0.224 e. The fraction of sp³-hybridized carbons (Fsp3) is 0.471. The molecule has 1 aromatic heterocycles. The highest BCUT2D eigenvalue weighted by atomic mass is 16.5. The number of amides is 1. The monoisotopic (exact) mass is 304 g/mol. The number of ether oxygens (including phenoxy) is 1. The summed E-state index contributed by atoms with van der Waals surface area (Å²) in [5.74, 6) is 0.00877. The summed E-state index contributed by atoms with van der Waals surface area (Å²) in [6.07, 6.45) is 2.02. The van der Waals surface area contributed by atoms with Crippen molar-refractivity contribution in [1.29, 1.82) is 0 Å². The zero-order chi connectivity index (χ0) is 15.9. The molecule has 120 valence electrons. The van der Waals surface area contributed by atoms with E-state index in [1.165, 1.54) is 11.1 Å². The van der Waals surface area contributed by atoms with Crippen LogP contribution in [0.5, 0.6) is 0 Å². The number of aryl methyl sites for hydroxylation is 2. The number of rotatable bonds is 8. The molecule has 1 heterocycles. The van der Waals surface area contributed by atoms with Crippen LogP contribution < -0.4 is 10.6 Å². The number of nitrogens with one attached hydrogen (secondary N) is 2. The second-order valence-corrected chi connectivity index (χ2v) is 5.46. The maximum atomic E-state index is 12.0. The summed E-state index contributed by atoms with van der Waals surface area (Å²) in [5.41, 5.74) is 4.17. The lowest BCUT2D eigenvalue weighted by Gasteiger charge is -2.06. The van der Waals surface area contributed by atoms with Crippen molar-refractivity contribution < 1.29 is 13.9 Å². The molecular weight excluding hydrogens is 280 g/mol. The van der Waals surface area contributed by atoms with Gasteiger partial charge in [-0.05, 0) is 37.1 Å². The lowest BCUT2D eigenvalue weighted by molar-refractivity contribution is -0.120. The first kappa shape index (κ1) is 16.5. The number of carbonyl (C=O) groups excluding carboxylic acids is 1. The highest BCUT2D eigenvalue weighted by Crippen LogP contribution is 2.25. The number of fused-ring (bicyclic) bond motifs is 1. The van der Waals surface area contributed by atoms with Gasteiger partial charge in [0.05, 0.1) is 19.3 Å². The molecule has 0 aliphatic rings. The first-order chi connectivity index (χ1) is 10.6. The maximum absolute atomic E-state index is 12.0. The zero-order valence-corrected chi connectivity index (χ0v) is 13.5. The topological polar surface area (TPSA) is 63.5 Å². The largest absolute Gasteiger partial charge is 0.464 e. The summed E-state index contributed by atoms with van der Waals surface area (Å²) in [7, 11) is 1.67. The lowest BCUT2D eigenvalue weighted by atomic mass is 10.0. The van der Waals surface area contributed by atoms with Crippen molar-refractivity contribution in [1.82, 2.24) is 10.6 Å². The van der Waals surface area contributed by atoms with Crippen LogP contribution in [-0.4, -0.2) is 39.3 Å². The van der Waals surface area contributed by atoms with Gasteiger partial charge in [-0.3, -0.25) is 4.79 Å². The fourth-order valence-corrected chi connectivity index (χ4v) is 2.30. The third-order valence-electron chi connectivity index (χ3n) is 3.73. The van der Waals surface area contributed by atoms with Gasteiger partial charge in [0.1, 0.15) is 5.58 Å². The Balaban J connectivity index is 1.85. The molecule has 0 atom stereocenters. The van der Waals surface area contributed by atoms with Crippen molar-refractivity contribution in [2.24, 2.45) is 0 Å². The van der Waals surface area contributed by atoms with Gasteiger partial charge >= 0.3 is 0 Å². The summed E-state index contributed by atoms with van der Waals surface area (Å²) in [5, 5.41) is 7.11. The van der Waals surface area contributed by atoms with Crippen LogP contribution in [0.2, 0.25) is 0 Å². The van der Waals surface area contributed by atoms with Crippen LogP contribution in [0.1, 0.15) is 16.7 Å². The quantitative estimate of drug-likeness (QED) is 0.732.